The van der Waals surface area contributed by atoms with Crippen molar-refractivity contribution in [2.75, 3.05) is 40.3 Å². The molecule has 8 heteroatoms. The number of nitrogens with one attached hydrogen (secondary N) is 1. The topological polar surface area (TPSA) is 52.7 Å². The molecule has 1 aliphatic heterocycles. The van der Waals surface area contributed by atoms with E-state index in [0.717, 1.165) is 0 Å². The van der Waals surface area contributed by atoms with E-state index in [2.05, 4.69) is 5.32 Å². The normalized spacial score (nSPS) is 22.7. The fourth-order valence-corrected chi connectivity index (χ4v) is 2.10. The van der Waals surface area contributed by atoms with Crippen molar-refractivity contribution in [2.45, 2.75) is 19.5 Å². The van der Waals surface area contributed by atoms with Crippen molar-refractivity contribution in [2.24, 2.45) is 5.41 Å². The SMILES string of the molecule is CN(C)C(=O)CN(CC(F)(F)F)C(=O)C1(C)CCNC1. The molecule has 1 saturated heterocycles. The average molecular weight is 295 g/mol. The number of likely N-dealkylation sites (N-methyl/N-ethyl adjacent to an activating group) is 1. The van der Waals surface area contributed by atoms with Gasteiger partial charge in [0.1, 0.15) is 13.1 Å². The molecule has 20 heavy (non-hydrogen) atoms. The Labute approximate surface area is 116 Å². The van der Waals surface area contributed by atoms with Crippen LogP contribution in [0.3, 0.4) is 0 Å². The highest BCUT2D eigenvalue weighted by atomic mass is 19.4. The van der Waals surface area contributed by atoms with E-state index in [-0.39, 0.29) is 0 Å². The first-order chi connectivity index (χ1) is 9.05. The molecule has 1 unspecified atom stereocenters. The van der Waals surface area contributed by atoms with Crippen molar-refractivity contribution in [3.63, 3.8) is 0 Å². The molecule has 1 rings (SSSR count). The minimum Gasteiger partial charge on any atom is -0.347 e. The van der Waals surface area contributed by atoms with Gasteiger partial charge < -0.3 is 15.1 Å². The highest BCUT2D eigenvalue weighted by molar-refractivity contribution is 5.88. The summed E-state index contributed by atoms with van der Waals surface area (Å²) in [6.45, 7) is 0.584. The molecule has 5 nitrogen and oxygen atoms in total. The molecule has 0 aliphatic carbocycles. The average Bonchev–Trinajstić information content (AvgIpc) is 2.73. The van der Waals surface area contributed by atoms with E-state index in [1.165, 1.54) is 19.0 Å². The first kappa shape index (κ1) is 16.7. The highest BCUT2D eigenvalue weighted by Crippen LogP contribution is 2.29. The summed E-state index contributed by atoms with van der Waals surface area (Å²) in [6.07, 6.45) is -4.05. The molecule has 0 aromatic heterocycles. The van der Waals surface area contributed by atoms with Crippen molar-refractivity contribution in [3.05, 3.63) is 0 Å². The molecule has 1 aliphatic rings. The summed E-state index contributed by atoms with van der Waals surface area (Å²) < 4.78 is 37.8. The summed E-state index contributed by atoms with van der Waals surface area (Å²) in [7, 11) is 2.88. The van der Waals surface area contributed by atoms with E-state index in [1.807, 2.05) is 0 Å². The first-order valence-corrected chi connectivity index (χ1v) is 6.32. The molecule has 0 radical (unpaired) electrons. The van der Waals surface area contributed by atoms with Gasteiger partial charge in [-0.05, 0) is 19.9 Å². The van der Waals surface area contributed by atoms with Crippen LogP contribution in [-0.4, -0.2) is 68.1 Å². The molecule has 2 amide bonds. The molecule has 1 N–H and O–H groups in total. The van der Waals surface area contributed by atoms with Gasteiger partial charge in [0.15, 0.2) is 0 Å². The summed E-state index contributed by atoms with van der Waals surface area (Å²) in [5.74, 6) is -1.16. The molecule has 116 valence electrons. The van der Waals surface area contributed by atoms with Crippen molar-refractivity contribution in [1.82, 2.24) is 15.1 Å². The van der Waals surface area contributed by atoms with Gasteiger partial charge in [-0.2, -0.15) is 13.2 Å². The molecule has 0 bridgehead atoms. The molecule has 0 spiro atoms. The molecule has 0 aromatic rings. The number of carbonyl (C=O) groups excluding carboxylic acids is 2. The largest absolute Gasteiger partial charge is 0.406 e. The summed E-state index contributed by atoms with van der Waals surface area (Å²) in [5, 5.41) is 2.96. The zero-order valence-electron chi connectivity index (χ0n) is 11.9. The minimum atomic E-state index is -4.52. The van der Waals surface area contributed by atoms with Crippen LogP contribution in [0.25, 0.3) is 0 Å². The van der Waals surface area contributed by atoms with Gasteiger partial charge in [-0.25, -0.2) is 0 Å². The number of hydrogen-bond acceptors (Lipinski definition) is 3. The van der Waals surface area contributed by atoms with Gasteiger partial charge in [0, 0.05) is 20.6 Å². The molecule has 0 aromatic carbocycles. The third-order valence-electron chi connectivity index (χ3n) is 3.37. The molecule has 1 fully saturated rings. The summed E-state index contributed by atoms with van der Waals surface area (Å²) in [4.78, 5) is 25.7. The Balaban J connectivity index is 2.86. The van der Waals surface area contributed by atoms with Gasteiger partial charge in [-0.3, -0.25) is 9.59 Å². The van der Waals surface area contributed by atoms with Crippen LogP contribution in [0.2, 0.25) is 0 Å². The number of rotatable bonds is 4. The second kappa shape index (κ2) is 5.99. The minimum absolute atomic E-state index is 0.330. The molecular weight excluding hydrogens is 275 g/mol. The monoisotopic (exact) mass is 295 g/mol. The fourth-order valence-electron chi connectivity index (χ4n) is 2.10. The van der Waals surface area contributed by atoms with Crippen LogP contribution in [0.5, 0.6) is 0 Å². The zero-order valence-corrected chi connectivity index (χ0v) is 11.9. The van der Waals surface area contributed by atoms with Crippen molar-refractivity contribution < 1.29 is 22.8 Å². The Hall–Kier alpha value is -1.31. The second-order valence-corrected chi connectivity index (χ2v) is 5.55. The first-order valence-electron chi connectivity index (χ1n) is 6.32. The summed E-state index contributed by atoms with van der Waals surface area (Å²) >= 11 is 0. The van der Waals surface area contributed by atoms with Crippen LogP contribution in [0.4, 0.5) is 13.2 Å². The van der Waals surface area contributed by atoms with Crippen LogP contribution in [-0.2, 0) is 9.59 Å². The lowest BCUT2D eigenvalue weighted by Gasteiger charge is -2.32. The number of amides is 2. The van der Waals surface area contributed by atoms with Crippen LogP contribution in [0.1, 0.15) is 13.3 Å². The maximum atomic E-state index is 12.6. The Morgan fingerprint density at radius 2 is 1.90 bits per heavy atom. The second-order valence-electron chi connectivity index (χ2n) is 5.55. The number of nitrogens with zero attached hydrogens (tertiary/aromatic N) is 2. The van der Waals surface area contributed by atoms with Crippen LogP contribution in [0, 0.1) is 5.41 Å². The van der Waals surface area contributed by atoms with E-state index in [1.54, 1.807) is 6.92 Å². The molecule has 1 heterocycles. The molecule has 0 saturated carbocycles. The summed E-state index contributed by atoms with van der Waals surface area (Å²) in [5.41, 5.74) is -0.877. The fraction of sp³-hybridized carbons (Fsp3) is 0.833. The molecule has 1 atom stereocenters. The number of hydrogen-bond donors (Lipinski definition) is 1. The maximum Gasteiger partial charge on any atom is 0.406 e. The lowest BCUT2D eigenvalue weighted by Crippen LogP contribution is -2.50. The quantitative estimate of drug-likeness (QED) is 0.820. The van der Waals surface area contributed by atoms with Gasteiger partial charge in [0.05, 0.1) is 5.41 Å². The van der Waals surface area contributed by atoms with Crippen LogP contribution < -0.4 is 5.32 Å². The Bertz CT molecular complexity index is 377. The Kier molecular flexibility index (Phi) is 5.01. The third-order valence-corrected chi connectivity index (χ3v) is 3.37. The lowest BCUT2D eigenvalue weighted by atomic mass is 9.88. The predicted molar refractivity (Wildman–Crippen MR) is 66.9 cm³/mol. The predicted octanol–water partition coefficient (Wildman–Crippen LogP) is 0.465. The van der Waals surface area contributed by atoms with Gasteiger partial charge in [-0.15, -0.1) is 0 Å². The number of carbonyl (C=O) groups is 2. The number of alkyl halides is 3. The van der Waals surface area contributed by atoms with E-state index < -0.39 is 36.5 Å². The van der Waals surface area contributed by atoms with E-state index in [9.17, 15) is 22.8 Å². The van der Waals surface area contributed by atoms with Crippen molar-refractivity contribution in [3.8, 4) is 0 Å². The van der Waals surface area contributed by atoms with E-state index in [4.69, 9.17) is 0 Å². The zero-order chi connectivity index (χ0) is 15.6. The van der Waals surface area contributed by atoms with Gasteiger partial charge in [0.2, 0.25) is 11.8 Å². The Morgan fingerprint density at radius 1 is 1.30 bits per heavy atom. The van der Waals surface area contributed by atoms with Crippen molar-refractivity contribution >= 4 is 11.8 Å². The molecular formula is C12H20F3N3O2. The van der Waals surface area contributed by atoms with Crippen LogP contribution in [0.15, 0.2) is 0 Å². The smallest absolute Gasteiger partial charge is 0.347 e. The van der Waals surface area contributed by atoms with E-state index >= 15 is 0 Å². The summed E-state index contributed by atoms with van der Waals surface area (Å²) in [6, 6.07) is 0. The van der Waals surface area contributed by atoms with E-state index in [0.29, 0.717) is 24.4 Å². The van der Waals surface area contributed by atoms with Crippen LogP contribution >= 0.6 is 0 Å². The van der Waals surface area contributed by atoms with Gasteiger partial charge in [-0.1, -0.05) is 0 Å². The highest BCUT2D eigenvalue weighted by Gasteiger charge is 2.43. The maximum absolute atomic E-state index is 12.6. The lowest BCUT2D eigenvalue weighted by molar-refractivity contribution is -0.169. The Morgan fingerprint density at radius 3 is 2.30 bits per heavy atom. The van der Waals surface area contributed by atoms with Crippen molar-refractivity contribution in [1.29, 1.82) is 0 Å². The standard InChI is InChI=1S/C12H20F3N3O2/c1-11(4-5-16-7-11)10(20)18(8-12(13,14)15)6-9(19)17(2)3/h16H,4-8H2,1-3H3. The van der Waals surface area contributed by atoms with Gasteiger partial charge >= 0.3 is 6.18 Å². The third kappa shape index (κ3) is 4.36. The van der Waals surface area contributed by atoms with Gasteiger partial charge in [0.25, 0.3) is 0 Å². The number of halogens is 3.